The molecule has 2 rings (SSSR count). The zero-order chi connectivity index (χ0) is 13.7. The SMILES string of the molecule is Cc1cnc(CCNC2CCCCC2=C(Cl)Cl)cn1. The number of hydrogen-bond donors (Lipinski definition) is 1. The molecule has 0 bridgehead atoms. The van der Waals surface area contributed by atoms with E-state index in [9.17, 15) is 0 Å². The average Bonchev–Trinajstić information content (AvgIpc) is 2.41. The largest absolute Gasteiger partial charge is 0.310 e. The van der Waals surface area contributed by atoms with Crippen LogP contribution in [0.15, 0.2) is 22.5 Å². The monoisotopic (exact) mass is 299 g/mol. The van der Waals surface area contributed by atoms with Crippen LogP contribution in [0.25, 0.3) is 0 Å². The molecule has 1 aliphatic carbocycles. The lowest BCUT2D eigenvalue weighted by Gasteiger charge is -2.26. The highest BCUT2D eigenvalue weighted by atomic mass is 35.5. The van der Waals surface area contributed by atoms with Crippen LogP contribution in [0.2, 0.25) is 0 Å². The maximum Gasteiger partial charge on any atom is 0.107 e. The van der Waals surface area contributed by atoms with Gasteiger partial charge < -0.3 is 5.32 Å². The molecule has 1 aliphatic rings. The molecule has 104 valence electrons. The van der Waals surface area contributed by atoms with Gasteiger partial charge in [0.15, 0.2) is 0 Å². The highest BCUT2D eigenvalue weighted by Crippen LogP contribution is 2.29. The summed E-state index contributed by atoms with van der Waals surface area (Å²) in [5.74, 6) is 0. The van der Waals surface area contributed by atoms with Gasteiger partial charge in [-0.15, -0.1) is 0 Å². The first-order chi connectivity index (χ1) is 9.16. The van der Waals surface area contributed by atoms with Crippen molar-refractivity contribution in [1.29, 1.82) is 0 Å². The quantitative estimate of drug-likeness (QED) is 0.924. The fraction of sp³-hybridized carbons (Fsp3) is 0.571. The van der Waals surface area contributed by atoms with Crippen LogP contribution < -0.4 is 5.32 Å². The van der Waals surface area contributed by atoms with E-state index in [0.717, 1.165) is 42.8 Å². The second-order valence-electron chi connectivity index (χ2n) is 4.94. The highest BCUT2D eigenvalue weighted by molar-refractivity contribution is 6.56. The molecule has 0 aliphatic heterocycles. The van der Waals surface area contributed by atoms with Gasteiger partial charge in [0.1, 0.15) is 4.49 Å². The van der Waals surface area contributed by atoms with Gasteiger partial charge in [-0.25, -0.2) is 0 Å². The molecule has 3 nitrogen and oxygen atoms in total. The highest BCUT2D eigenvalue weighted by Gasteiger charge is 2.20. The molecule has 0 saturated heterocycles. The van der Waals surface area contributed by atoms with Crippen molar-refractivity contribution in [2.45, 2.75) is 45.1 Å². The third-order valence-electron chi connectivity index (χ3n) is 3.46. The lowest BCUT2D eigenvalue weighted by atomic mass is 9.91. The summed E-state index contributed by atoms with van der Waals surface area (Å²) >= 11 is 11.9. The predicted molar refractivity (Wildman–Crippen MR) is 79.5 cm³/mol. The van der Waals surface area contributed by atoms with Gasteiger partial charge in [0, 0.05) is 31.4 Å². The van der Waals surface area contributed by atoms with E-state index in [4.69, 9.17) is 23.2 Å². The van der Waals surface area contributed by atoms with Crippen molar-refractivity contribution in [2.24, 2.45) is 0 Å². The fourth-order valence-corrected chi connectivity index (χ4v) is 2.84. The number of hydrogen-bond acceptors (Lipinski definition) is 3. The molecule has 19 heavy (non-hydrogen) atoms. The van der Waals surface area contributed by atoms with Crippen LogP contribution in [0, 0.1) is 6.92 Å². The van der Waals surface area contributed by atoms with E-state index in [1.54, 1.807) is 6.20 Å². The Morgan fingerprint density at radius 3 is 2.84 bits per heavy atom. The Balaban J connectivity index is 1.84. The van der Waals surface area contributed by atoms with Crippen LogP contribution in [0.4, 0.5) is 0 Å². The normalized spacial score (nSPS) is 19.5. The van der Waals surface area contributed by atoms with E-state index in [2.05, 4.69) is 15.3 Å². The maximum atomic E-state index is 5.95. The van der Waals surface area contributed by atoms with E-state index in [1.807, 2.05) is 13.1 Å². The van der Waals surface area contributed by atoms with E-state index in [1.165, 1.54) is 12.8 Å². The summed E-state index contributed by atoms with van der Waals surface area (Å²) in [5.41, 5.74) is 3.11. The molecule has 1 heterocycles. The van der Waals surface area contributed by atoms with Crippen molar-refractivity contribution in [3.8, 4) is 0 Å². The van der Waals surface area contributed by atoms with Crippen LogP contribution in [-0.2, 0) is 6.42 Å². The Labute approximate surface area is 124 Å². The number of nitrogens with zero attached hydrogens (tertiary/aromatic N) is 2. The summed E-state index contributed by atoms with van der Waals surface area (Å²) in [6.07, 6.45) is 9.03. The van der Waals surface area contributed by atoms with Gasteiger partial charge in [-0.3, -0.25) is 9.97 Å². The van der Waals surface area contributed by atoms with Crippen molar-refractivity contribution in [3.05, 3.63) is 33.8 Å². The lowest BCUT2D eigenvalue weighted by molar-refractivity contribution is 0.455. The average molecular weight is 300 g/mol. The molecule has 1 saturated carbocycles. The van der Waals surface area contributed by atoms with Crippen molar-refractivity contribution >= 4 is 23.2 Å². The van der Waals surface area contributed by atoms with Gasteiger partial charge in [-0.05, 0) is 31.8 Å². The van der Waals surface area contributed by atoms with Crippen LogP contribution in [-0.4, -0.2) is 22.6 Å². The third kappa shape index (κ3) is 4.44. The number of rotatable bonds is 4. The minimum Gasteiger partial charge on any atom is -0.310 e. The van der Waals surface area contributed by atoms with Gasteiger partial charge in [0.05, 0.1) is 11.4 Å². The molecule has 1 fully saturated rings. The molecule has 5 heteroatoms. The molecular weight excluding hydrogens is 281 g/mol. The Kier molecular flexibility index (Phi) is 5.61. The standard InChI is InChI=1S/C14H19Cl2N3/c1-10-8-19-11(9-18-10)6-7-17-13-5-3-2-4-12(13)14(15)16/h8-9,13,17H,2-7H2,1H3. The van der Waals surface area contributed by atoms with Crippen LogP contribution in [0.3, 0.4) is 0 Å². The summed E-state index contributed by atoms with van der Waals surface area (Å²) in [4.78, 5) is 8.59. The molecule has 1 atom stereocenters. The van der Waals surface area contributed by atoms with E-state index >= 15 is 0 Å². The van der Waals surface area contributed by atoms with E-state index in [0.29, 0.717) is 10.5 Å². The summed E-state index contributed by atoms with van der Waals surface area (Å²) < 4.78 is 0.437. The number of nitrogens with one attached hydrogen (secondary N) is 1. The van der Waals surface area contributed by atoms with Gasteiger partial charge in [-0.2, -0.15) is 0 Å². The van der Waals surface area contributed by atoms with E-state index < -0.39 is 0 Å². The molecule has 1 aromatic heterocycles. The smallest absolute Gasteiger partial charge is 0.107 e. The maximum absolute atomic E-state index is 5.95. The second-order valence-corrected chi connectivity index (χ2v) is 5.89. The van der Waals surface area contributed by atoms with Gasteiger partial charge >= 0.3 is 0 Å². The van der Waals surface area contributed by atoms with E-state index in [-0.39, 0.29) is 0 Å². The third-order valence-corrected chi connectivity index (χ3v) is 3.94. The first-order valence-electron chi connectivity index (χ1n) is 6.72. The molecule has 1 unspecified atom stereocenters. The molecule has 0 amide bonds. The van der Waals surface area contributed by atoms with Crippen molar-refractivity contribution in [1.82, 2.24) is 15.3 Å². The molecule has 0 aromatic carbocycles. The number of aromatic nitrogens is 2. The minimum atomic E-state index is 0.317. The second kappa shape index (κ2) is 7.22. The molecule has 1 aromatic rings. The number of aryl methyl sites for hydroxylation is 1. The molecule has 1 N–H and O–H groups in total. The number of halogens is 2. The Morgan fingerprint density at radius 2 is 2.16 bits per heavy atom. The predicted octanol–water partition coefficient (Wildman–Crippen LogP) is 3.55. The zero-order valence-corrected chi connectivity index (χ0v) is 12.6. The van der Waals surface area contributed by atoms with Crippen LogP contribution in [0.5, 0.6) is 0 Å². The van der Waals surface area contributed by atoms with Gasteiger partial charge in [0.2, 0.25) is 0 Å². The first-order valence-corrected chi connectivity index (χ1v) is 7.47. The zero-order valence-electron chi connectivity index (χ0n) is 11.1. The topological polar surface area (TPSA) is 37.8 Å². The summed E-state index contributed by atoms with van der Waals surface area (Å²) in [6.45, 7) is 2.81. The van der Waals surface area contributed by atoms with Crippen molar-refractivity contribution < 1.29 is 0 Å². The molecule has 0 radical (unpaired) electrons. The van der Waals surface area contributed by atoms with Crippen LogP contribution >= 0.6 is 23.2 Å². The minimum absolute atomic E-state index is 0.317. The van der Waals surface area contributed by atoms with Gasteiger partial charge in [0.25, 0.3) is 0 Å². The van der Waals surface area contributed by atoms with Crippen molar-refractivity contribution in [3.63, 3.8) is 0 Å². The Bertz CT molecular complexity index is 439. The molecular formula is C14H19Cl2N3. The lowest BCUT2D eigenvalue weighted by Crippen LogP contribution is -2.34. The van der Waals surface area contributed by atoms with Crippen molar-refractivity contribution in [2.75, 3.05) is 6.54 Å². The summed E-state index contributed by atoms with van der Waals surface area (Å²) in [6, 6.07) is 0.317. The Hall–Kier alpha value is -0.640. The summed E-state index contributed by atoms with van der Waals surface area (Å²) in [5, 5.41) is 3.52. The molecule has 0 spiro atoms. The van der Waals surface area contributed by atoms with Crippen LogP contribution in [0.1, 0.15) is 37.1 Å². The van der Waals surface area contributed by atoms with Gasteiger partial charge in [-0.1, -0.05) is 29.6 Å². The Morgan fingerprint density at radius 1 is 1.32 bits per heavy atom. The summed E-state index contributed by atoms with van der Waals surface area (Å²) in [7, 11) is 0. The fourth-order valence-electron chi connectivity index (χ4n) is 2.39. The first kappa shape index (κ1) is 14.8.